The number of carbonyl (C=O) groups is 1. The van der Waals surface area contributed by atoms with Crippen LogP contribution < -0.4 is 5.73 Å². The van der Waals surface area contributed by atoms with E-state index >= 15 is 0 Å². The highest BCUT2D eigenvalue weighted by atomic mass is 16.5. The van der Waals surface area contributed by atoms with Crippen LogP contribution in [-0.2, 0) is 14.3 Å². The Balaban J connectivity index is 1.45. The highest BCUT2D eigenvalue weighted by Crippen LogP contribution is 2.75. The van der Waals surface area contributed by atoms with E-state index in [2.05, 4.69) is 90.8 Å². The van der Waals surface area contributed by atoms with Crippen molar-refractivity contribution >= 4 is 5.97 Å². The van der Waals surface area contributed by atoms with E-state index in [0.717, 1.165) is 44.3 Å². The molecule has 1 aromatic rings. The van der Waals surface area contributed by atoms with Crippen molar-refractivity contribution in [3.05, 3.63) is 17.5 Å². The van der Waals surface area contributed by atoms with Crippen molar-refractivity contribution in [3.8, 4) is 0 Å². The van der Waals surface area contributed by atoms with E-state index in [0.29, 0.717) is 43.5 Å². The molecule has 12 atom stereocenters. The molecule has 9 nitrogen and oxygen atoms in total. The standard InChI is InChI=1S/C38H63N5O4/c1-22(2)24(5)33(7)16-17-35(9)26-12-13-29-34(8)19-46-21-38(29,27(26)14-15-36(35,10)30(33)32(44)45)18-28(43-25(6)40-41-42-43)31(34)47-20-37(11,39)23(3)4/h14,22-24,26,28-31H,12-13,15-21,39H2,1-11H3,(H,44,45)/t24-,26+,28-,29+,30-,31+,33-,34?,35-,36+,37+,38+/m1/s1. The predicted octanol–water partition coefficient (Wildman–Crippen LogP) is 6.87. The van der Waals surface area contributed by atoms with Crippen molar-refractivity contribution in [2.45, 2.75) is 132 Å². The highest BCUT2D eigenvalue weighted by molar-refractivity contribution is 5.73. The summed E-state index contributed by atoms with van der Waals surface area (Å²) < 4.78 is 15.7. The van der Waals surface area contributed by atoms with Crippen molar-refractivity contribution in [1.29, 1.82) is 0 Å². The predicted molar refractivity (Wildman–Crippen MR) is 182 cm³/mol. The van der Waals surface area contributed by atoms with Gasteiger partial charge in [0.05, 0.1) is 37.9 Å². The van der Waals surface area contributed by atoms with Gasteiger partial charge < -0.3 is 20.3 Å². The molecule has 1 unspecified atom stereocenters. The van der Waals surface area contributed by atoms with Crippen molar-refractivity contribution in [3.63, 3.8) is 0 Å². The molecule has 1 aromatic heterocycles. The van der Waals surface area contributed by atoms with Crippen LogP contribution in [0.25, 0.3) is 0 Å². The van der Waals surface area contributed by atoms with E-state index < -0.39 is 17.4 Å². The molecule has 9 heteroatoms. The van der Waals surface area contributed by atoms with E-state index in [4.69, 9.17) is 15.2 Å². The third-order valence-electron chi connectivity index (χ3n) is 16.0. The van der Waals surface area contributed by atoms with E-state index in [1.54, 1.807) is 0 Å². The number of rotatable bonds is 8. The Labute approximate surface area is 283 Å². The first kappa shape index (κ1) is 35.0. The number of tetrazole rings is 1. The summed E-state index contributed by atoms with van der Waals surface area (Å²) >= 11 is 0. The van der Waals surface area contributed by atoms with Gasteiger partial charge in [-0.3, -0.25) is 4.79 Å². The largest absolute Gasteiger partial charge is 0.481 e. The Morgan fingerprint density at radius 2 is 1.83 bits per heavy atom. The molecule has 5 aliphatic rings. The van der Waals surface area contributed by atoms with Crippen LogP contribution >= 0.6 is 0 Å². The summed E-state index contributed by atoms with van der Waals surface area (Å²) in [4.78, 5) is 13.4. The molecule has 6 rings (SSSR count). The average molecular weight is 654 g/mol. The molecule has 0 radical (unpaired) electrons. The minimum atomic E-state index is -0.620. The summed E-state index contributed by atoms with van der Waals surface area (Å²) in [7, 11) is 0. The van der Waals surface area contributed by atoms with Crippen molar-refractivity contribution in [2.75, 3.05) is 19.8 Å². The van der Waals surface area contributed by atoms with E-state index in [-0.39, 0.29) is 45.1 Å². The van der Waals surface area contributed by atoms with E-state index in [9.17, 15) is 9.90 Å². The Morgan fingerprint density at radius 1 is 1.13 bits per heavy atom. The molecule has 0 amide bonds. The Kier molecular flexibility index (Phi) is 8.45. The number of ether oxygens (including phenoxy) is 2. The lowest BCUT2D eigenvalue weighted by molar-refractivity contribution is -0.253. The summed E-state index contributed by atoms with van der Waals surface area (Å²) in [6.45, 7) is 26.4. The molecule has 0 spiro atoms. The second-order valence-corrected chi connectivity index (χ2v) is 18.7. The second kappa shape index (κ2) is 11.3. The number of nitrogens with two attached hydrogens (primary N) is 1. The zero-order chi connectivity index (χ0) is 34.5. The molecule has 4 aliphatic carbocycles. The molecule has 2 heterocycles. The van der Waals surface area contributed by atoms with Crippen molar-refractivity contribution < 1.29 is 19.4 Å². The van der Waals surface area contributed by atoms with Crippen LogP contribution in [0.3, 0.4) is 0 Å². The fourth-order valence-electron chi connectivity index (χ4n) is 12.1. The molecule has 264 valence electrons. The number of carboxylic acids is 1. The van der Waals surface area contributed by atoms with Gasteiger partial charge in [0.15, 0.2) is 0 Å². The monoisotopic (exact) mass is 653 g/mol. The number of hydrogen-bond acceptors (Lipinski definition) is 7. The van der Waals surface area contributed by atoms with Crippen LogP contribution in [0, 0.1) is 69.5 Å². The van der Waals surface area contributed by atoms with Gasteiger partial charge in [-0.15, -0.1) is 5.10 Å². The molecule has 0 aromatic carbocycles. The summed E-state index contributed by atoms with van der Waals surface area (Å²) in [6.07, 6.45) is 8.12. The summed E-state index contributed by atoms with van der Waals surface area (Å²) in [5.74, 6) is 1.47. The number of hydrogen-bond donors (Lipinski definition) is 2. The van der Waals surface area contributed by atoms with Gasteiger partial charge in [-0.05, 0) is 109 Å². The van der Waals surface area contributed by atoms with Crippen LogP contribution in [0.5, 0.6) is 0 Å². The first-order valence-electron chi connectivity index (χ1n) is 18.5. The Morgan fingerprint density at radius 3 is 2.43 bits per heavy atom. The van der Waals surface area contributed by atoms with Gasteiger partial charge in [0.25, 0.3) is 0 Å². The van der Waals surface area contributed by atoms with Gasteiger partial charge in [-0.25, -0.2) is 4.68 Å². The van der Waals surface area contributed by atoms with Crippen molar-refractivity contribution in [2.24, 2.45) is 68.3 Å². The summed E-state index contributed by atoms with van der Waals surface area (Å²) in [6, 6.07) is -0.0628. The topological polar surface area (TPSA) is 125 Å². The second-order valence-electron chi connectivity index (χ2n) is 18.7. The average Bonchev–Trinajstić information content (AvgIpc) is 3.41. The highest BCUT2D eigenvalue weighted by Gasteiger charge is 2.72. The Hall–Kier alpha value is -1.84. The fraction of sp³-hybridized carbons (Fsp3) is 0.895. The SMILES string of the molecule is Cc1nnnn1[C@@H]1C[C@@]23COCC(C)([C@H]1OC[C@](C)(N)C(C)C)[C@@H]2CC[C@H]1C3=CC[C@@]2(C)[C@H](C(=O)O)[C@@](C)([C@H](C)C(C)C)CC[C@]12C. The lowest BCUT2D eigenvalue weighted by atomic mass is 9.34. The van der Waals surface area contributed by atoms with E-state index in [1.165, 1.54) is 5.57 Å². The van der Waals surface area contributed by atoms with E-state index in [1.807, 2.05) is 11.6 Å². The fourth-order valence-corrected chi connectivity index (χ4v) is 12.1. The normalized spacial score (nSPS) is 45.0. The Bertz CT molecular complexity index is 1410. The molecule has 1 aliphatic heterocycles. The number of allylic oxidation sites excluding steroid dienone is 1. The lowest BCUT2D eigenvalue weighted by Gasteiger charge is -2.71. The summed E-state index contributed by atoms with van der Waals surface area (Å²) in [5, 5.41) is 24.0. The number of aliphatic carboxylic acids is 1. The minimum absolute atomic E-state index is 0.0628. The van der Waals surface area contributed by atoms with Crippen molar-refractivity contribution in [1.82, 2.24) is 20.2 Å². The zero-order valence-electron chi connectivity index (χ0n) is 31.1. The molecule has 1 saturated heterocycles. The molecule has 2 bridgehead atoms. The van der Waals surface area contributed by atoms with Crippen LogP contribution in [0.2, 0.25) is 0 Å². The number of fused-ring (bicyclic) bond motifs is 3. The van der Waals surface area contributed by atoms with Crippen LogP contribution in [0.15, 0.2) is 11.6 Å². The van der Waals surface area contributed by atoms with Gasteiger partial charge >= 0.3 is 5.97 Å². The third kappa shape index (κ3) is 4.78. The molecular formula is C38H63N5O4. The van der Waals surface area contributed by atoms with Gasteiger partial charge in [0.1, 0.15) is 5.82 Å². The van der Waals surface area contributed by atoms with Gasteiger partial charge in [-0.1, -0.05) is 74.0 Å². The molecule has 47 heavy (non-hydrogen) atoms. The van der Waals surface area contributed by atoms with Gasteiger partial charge in [0.2, 0.25) is 0 Å². The molecule has 3 N–H and O–H groups in total. The van der Waals surface area contributed by atoms with Crippen LogP contribution in [0.1, 0.15) is 120 Å². The number of aryl methyl sites for hydroxylation is 1. The maximum absolute atomic E-state index is 13.4. The number of nitrogens with zero attached hydrogens (tertiary/aromatic N) is 4. The zero-order valence-corrected chi connectivity index (χ0v) is 31.1. The minimum Gasteiger partial charge on any atom is -0.481 e. The van der Waals surface area contributed by atoms with Gasteiger partial charge in [0, 0.05) is 16.4 Å². The van der Waals surface area contributed by atoms with Gasteiger partial charge in [-0.2, -0.15) is 0 Å². The first-order valence-corrected chi connectivity index (χ1v) is 18.5. The smallest absolute Gasteiger partial charge is 0.307 e. The van der Waals surface area contributed by atoms with Crippen LogP contribution in [-0.4, -0.2) is 62.7 Å². The summed E-state index contributed by atoms with van der Waals surface area (Å²) in [5.41, 5.74) is 6.66. The molecular weight excluding hydrogens is 590 g/mol. The first-order chi connectivity index (χ1) is 21.8. The third-order valence-corrected chi connectivity index (χ3v) is 16.0. The number of carboxylic acid groups (broad SMARTS) is 1. The molecule has 3 saturated carbocycles. The lowest BCUT2D eigenvalue weighted by Crippen LogP contribution is -2.69. The maximum atomic E-state index is 13.4. The quantitative estimate of drug-likeness (QED) is 0.291. The van der Waals surface area contributed by atoms with Crippen LogP contribution in [0.4, 0.5) is 0 Å². The maximum Gasteiger partial charge on any atom is 0.307 e. The number of aromatic nitrogens is 4. The molecule has 4 fully saturated rings.